The van der Waals surface area contributed by atoms with Crippen molar-refractivity contribution in [2.75, 3.05) is 0 Å². The molecule has 0 aromatic heterocycles. The molecule has 3 unspecified atom stereocenters. The van der Waals surface area contributed by atoms with Crippen molar-refractivity contribution in [2.45, 2.75) is 88.4 Å². The highest BCUT2D eigenvalue weighted by Crippen LogP contribution is 2.32. The van der Waals surface area contributed by atoms with E-state index in [2.05, 4.69) is 10.6 Å². The number of nitrogens with two attached hydrogens (primary N) is 1. The minimum atomic E-state index is 0.0462. The highest BCUT2D eigenvalue weighted by atomic mass is 16.2. The Kier molecular flexibility index (Phi) is 4.61. The van der Waals surface area contributed by atoms with Crippen LogP contribution in [0.4, 0.5) is 0 Å². The normalized spacial score (nSPS) is 41.8. The third kappa shape index (κ3) is 3.34. The van der Waals surface area contributed by atoms with Gasteiger partial charge in [0.2, 0.25) is 5.91 Å². The molecule has 0 bridgehead atoms. The first kappa shape index (κ1) is 14.3. The van der Waals surface area contributed by atoms with Gasteiger partial charge < -0.3 is 16.4 Å². The molecular weight excluding hydrogens is 250 g/mol. The molecule has 1 saturated heterocycles. The van der Waals surface area contributed by atoms with E-state index in [9.17, 15) is 4.79 Å². The molecule has 20 heavy (non-hydrogen) atoms. The summed E-state index contributed by atoms with van der Waals surface area (Å²) in [5.74, 6) is 1.05. The van der Waals surface area contributed by atoms with Gasteiger partial charge in [0.25, 0.3) is 0 Å². The van der Waals surface area contributed by atoms with E-state index in [1.54, 1.807) is 0 Å². The minimum Gasteiger partial charge on any atom is -0.352 e. The Morgan fingerprint density at radius 2 is 1.70 bits per heavy atom. The maximum Gasteiger partial charge on any atom is 0.237 e. The fourth-order valence-corrected chi connectivity index (χ4v) is 4.27. The smallest absolute Gasteiger partial charge is 0.237 e. The van der Waals surface area contributed by atoms with Crippen molar-refractivity contribution in [1.29, 1.82) is 0 Å². The predicted octanol–water partition coefficient (Wildman–Crippen LogP) is 1.68. The summed E-state index contributed by atoms with van der Waals surface area (Å²) in [5.41, 5.74) is 5.92. The van der Waals surface area contributed by atoms with Gasteiger partial charge >= 0.3 is 0 Å². The predicted molar refractivity (Wildman–Crippen MR) is 80.3 cm³/mol. The molecule has 3 aliphatic rings. The largest absolute Gasteiger partial charge is 0.352 e. The van der Waals surface area contributed by atoms with E-state index in [1.165, 1.54) is 32.1 Å². The lowest BCUT2D eigenvalue weighted by atomic mass is 9.77. The van der Waals surface area contributed by atoms with Crippen LogP contribution in [0.25, 0.3) is 0 Å². The Hall–Kier alpha value is -0.610. The fourth-order valence-electron chi connectivity index (χ4n) is 4.27. The molecule has 1 heterocycles. The van der Waals surface area contributed by atoms with Gasteiger partial charge in [-0.2, -0.15) is 0 Å². The molecule has 2 aliphatic carbocycles. The number of carbonyl (C=O) groups is 1. The zero-order valence-corrected chi connectivity index (χ0v) is 12.4. The summed E-state index contributed by atoms with van der Waals surface area (Å²) in [6, 6.07) is 1.34. The van der Waals surface area contributed by atoms with Gasteiger partial charge in [-0.25, -0.2) is 0 Å². The second-order valence-corrected chi connectivity index (χ2v) is 7.07. The van der Waals surface area contributed by atoms with Crippen molar-refractivity contribution >= 4 is 5.91 Å². The van der Waals surface area contributed by atoms with Gasteiger partial charge in [-0.05, 0) is 57.3 Å². The molecule has 1 amide bonds. The summed E-state index contributed by atoms with van der Waals surface area (Å²) in [7, 11) is 0. The number of rotatable bonds is 2. The summed E-state index contributed by atoms with van der Waals surface area (Å²) in [6.45, 7) is 0. The number of carbonyl (C=O) groups excluding carboxylic acids is 1. The summed E-state index contributed by atoms with van der Waals surface area (Å²) in [5, 5.41) is 6.86. The zero-order chi connectivity index (χ0) is 13.9. The van der Waals surface area contributed by atoms with Crippen LogP contribution < -0.4 is 16.4 Å². The number of hydrogen-bond acceptors (Lipinski definition) is 3. The lowest BCUT2D eigenvalue weighted by molar-refractivity contribution is -0.125. The second-order valence-electron chi connectivity index (χ2n) is 7.07. The van der Waals surface area contributed by atoms with E-state index in [-0.39, 0.29) is 11.9 Å². The van der Waals surface area contributed by atoms with Crippen molar-refractivity contribution in [3.63, 3.8) is 0 Å². The summed E-state index contributed by atoms with van der Waals surface area (Å²) < 4.78 is 0. The van der Waals surface area contributed by atoms with Crippen LogP contribution in [0.15, 0.2) is 0 Å². The Labute approximate surface area is 122 Å². The van der Waals surface area contributed by atoms with E-state index in [1.807, 2.05) is 0 Å². The summed E-state index contributed by atoms with van der Waals surface area (Å²) in [4.78, 5) is 12.4. The number of amides is 1. The standard InChI is InChI=1S/C16H29N3O/c17-12-6-8-13(9-7-12)18-16(20)15-10-5-11-3-1-2-4-14(11)19-15/h11-15,19H,1-10,17H2,(H,18,20). The number of hydrogen-bond donors (Lipinski definition) is 3. The van der Waals surface area contributed by atoms with Gasteiger partial charge in [0, 0.05) is 18.1 Å². The average Bonchev–Trinajstić information content (AvgIpc) is 2.49. The lowest BCUT2D eigenvalue weighted by Gasteiger charge is -2.40. The van der Waals surface area contributed by atoms with Crippen LogP contribution in [-0.2, 0) is 4.79 Å². The first-order chi connectivity index (χ1) is 9.72. The Balaban J connectivity index is 1.47. The number of fused-ring (bicyclic) bond motifs is 1. The molecular formula is C16H29N3O. The average molecular weight is 279 g/mol. The Bertz CT molecular complexity index is 339. The molecule has 2 saturated carbocycles. The van der Waals surface area contributed by atoms with Gasteiger partial charge in [-0.1, -0.05) is 12.8 Å². The molecule has 3 atom stereocenters. The highest BCUT2D eigenvalue weighted by Gasteiger charge is 2.35. The second kappa shape index (κ2) is 6.44. The van der Waals surface area contributed by atoms with Crippen LogP contribution >= 0.6 is 0 Å². The van der Waals surface area contributed by atoms with Gasteiger partial charge in [0.15, 0.2) is 0 Å². The number of piperidine rings is 1. The monoisotopic (exact) mass is 279 g/mol. The van der Waals surface area contributed by atoms with Crippen LogP contribution in [0.1, 0.15) is 64.2 Å². The van der Waals surface area contributed by atoms with Crippen LogP contribution in [0.3, 0.4) is 0 Å². The first-order valence-corrected chi connectivity index (χ1v) is 8.54. The minimum absolute atomic E-state index is 0.0462. The van der Waals surface area contributed by atoms with Crippen LogP contribution in [0.2, 0.25) is 0 Å². The van der Waals surface area contributed by atoms with Crippen molar-refractivity contribution in [3.05, 3.63) is 0 Å². The van der Waals surface area contributed by atoms with E-state index >= 15 is 0 Å². The van der Waals surface area contributed by atoms with Crippen LogP contribution in [0.5, 0.6) is 0 Å². The molecule has 1 aliphatic heterocycles. The van der Waals surface area contributed by atoms with E-state index < -0.39 is 0 Å². The Morgan fingerprint density at radius 3 is 2.50 bits per heavy atom. The summed E-state index contributed by atoms with van der Waals surface area (Å²) in [6.07, 6.45) is 11.7. The fraction of sp³-hybridized carbons (Fsp3) is 0.938. The molecule has 0 radical (unpaired) electrons. The molecule has 0 aromatic rings. The van der Waals surface area contributed by atoms with Gasteiger partial charge in [-0.15, -0.1) is 0 Å². The first-order valence-electron chi connectivity index (χ1n) is 8.54. The lowest BCUT2D eigenvalue weighted by Crippen LogP contribution is -2.56. The van der Waals surface area contributed by atoms with Gasteiger partial charge in [0.1, 0.15) is 0 Å². The quantitative estimate of drug-likeness (QED) is 0.720. The third-order valence-corrected chi connectivity index (χ3v) is 5.59. The number of nitrogens with one attached hydrogen (secondary N) is 2. The van der Waals surface area contributed by atoms with Crippen molar-refractivity contribution in [3.8, 4) is 0 Å². The van der Waals surface area contributed by atoms with Crippen molar-refractivity contribution in [2.24, 2.45) is 11.7 Å². The van der Waals surface area contributed by atoms with Gasteiger partial charge in [0.05, 0.1) is 6.04 Å². The van der Waals surface area contributed by atoms with Crippen LogP contribution in [0, 0.1) is 5.92 Å². The van der Waals surface area contributed by atoms with Crippen LogP contribution in [-0.4, -0.2) is 30.1 Å². The molecule has 0 spiro atoms. The third-order valence-electron chi connectivity index (χ3n) is 5.59. The Morgan fingerprint density at radius 1 is 0.950 bits per heavy atom. The molecule has 4 N–H and O–H groups in total. The highest BCUT2D eigenvalue weighted by molar-refractivity contribution is 5.82. The van der Waals surface area contributed by atoms with E-state index in [4.69, 9.17) is 5.73 Å². The molecule has 0 aromatic carbocycles. The summed E-state index contributed by atoms with van der Waals surface area (Å²) >= 11 is 0. The maximum atomic E-state index is 12.4. The molecule has 114 valence electrons. The van der Waals surface area contributed by atoms with E-state index in [0.29, 0.717) is 18.1 Å². The van der Waals surface area contributed by atoms with Gasteiger partial charge in [-0.3, -0.25) is 4.79 Å². The van der Waals surface area contributed by atoms with Crippen molar-refractivity contribution < 1.29 is 4.79 Å². The maximum absolute atomic E-state index is 12.4. The topological polar surface area (TPSA) is 67.1 Å². The zero-order valence-electron chi connectivity index (χ0n) is 12.4. The SMILES string of the molecule is NC1CCC(NC(=O)C2CCC3CCCCC3N2)CC1. The molecule has 3 fully saturated rings. The molecule has 4 heteroatoms. The van der Waals surface area contributed by atoms with Crippen molar-refractivity contribution in [1.82, 2.24) is 10.6 Å². The molecule has 3 rings (SSSR count). The van der Waals surface area contributed by atoms with E-state index in [0.717, 1.165) is 38.0 Å². The molecule has 4 nitrogen and oxygen atoms in total.